The lowest BCUT2D eigenvalue weighted by Gasteiger charge is -2.29. The second-order valence-electron chi connectivity index (χ2n) is 9.63. The Kier molecular flexibility index (Phi) is 6.72. The highest BCUT2D eigenvalue weighted by molar-refractivity contribution is 5.82. The summed E-state index contributed by atoms with van der Waals surface area (Å²) in [5.41, 5.74) is 4.59. The van der Waals surface area contributed by atoms with Crippen molar-refractivity contribution in [3.63, 3.8) is 0 Å². The topological polar surface area (TPSA) is 114 Å². The van der Waals surface area contributed by atoms with Crippen molar-refractivity contribution in [2.24, 2.45) is 11.8 Å². The van der Waals surface area contributed by atoms with E-state index >= 15 is 0 Å². The van der Waals surface area contributed by atoms with Crippen LogP contribution in [0, 0.1) is 11.8 Å². The molecule has 1 aliphatic heterocycles. The third-order valence-corrected chi connectivity index (χ3v) is 7.43. The van der Waals surface area contributed by atoms with Crippen molar-refractivity contribution >= 4 is 18.0 Å². The average molecular weight is 479 g/mol. The second kappa shape index (κ2) is 10.1. The molecule has 1 saturated carbocycles. The van der Waals surface area contributed by atoms with E-state index in [0.717, 1.165) is 35.1 Å². The summed E-state index contributed by atoms with van der Waals surface area (Å²) in [6.45, 7) is 0.628. The van der Waals surface area contributed by atoms with Gasteiger partial charge >= 0.3 is 12.1 Å². The summed E-state index contributed by atoms with van der Waals surface area (Å²) < 4.78 is 11.1. The van der Waals surface area contributed by atoms with E-state index in [9.17, 15) is 19.5 Å². The van der Waals surface area contributed by atoms with Gasteiger partial charge in [-0.25, -0.2) is 4.79 Å². The number of hydrogen-bond acceptors (Lipinski definition) is 5. The van der Waals surface area contributed by atoms with E-state index in [0.29, 0.717) is 12.8 Å². The Bertz CT molecular complexity index is 1070. The molecule has 4 atom stereocenters. The van der Waals surface area contributed by atoms with Gasteiger partial charge in [0.1, 0.15) is 6.61 Å². The molecule has 2 aliphatic carbocycles. The van der Waals surface area contributed by atoms with Crippen molar-refractivity contribution in [2.75, 3.05) is 19.8 Å². The van der Waals surface area contributed by atoms with Crippen LogP contribution in [0.25, 0.3) is 11.1 Å². The Morgan fingerprint density at radius 3 is 2.31 bits per heavy atom. The molecule has 0 aromatic heterocycles. The number of alkyl carbamates (subject to hydrolysis) is 1. The van der Waals surface area contributed by atoms with Crippen LogP contribution < -0.4 is 10.6 Å². The van der Waals surface area contributed by atoms with Gasteiger partial charge in [-0.1, -0.05) is 55.0 Å². The lowest BCUT2D eigenvalue weighted by molar-refractivity contribution is -0.143. The fourth-order valence-corrected chi connectivity index (χ4v) is 5.60. The monoisotopic (exact) mass is 478 g/mol. The zero-order chi connectivity index (χ0) is 24.4. The van der Waals surface area contributed by atoms with E-state index in [2.05, 4.69) is 34.9 Å². The smallest absolute Gasteiger partial charge is 0.407 e. The SMILES string of the molecule is O=C(NC1COCC1C(=O)NC1CCCC(C(=O)O)C1)OCC1c2ccccc2-c2ccccc21. The Morgan fingerprint density at radius 1 is 0.943 bits per heavy atom. The van der Waals surface area contributed by atoms with Crippen LogP contribution in [0.3, 0.4) is 0 Å². The maximum absolute atomic E-state index is 12.9. The fourth-order valence-electron chi connectivity index (χ4n) is 5.60. The highest BCUT2D eigenvalue weighted by Gasteiger charge is 2.38. The quantitative estimate of drug-likeness (QED) is 0.587. The Morgan fingerprint density at radius 2 is 1.63 bits per heavy atom. The highest BCUT2D eigenvalue weighted by atomic mass is 16.5. The van der Waals surface area contributed by atoms with Crippen molar-refractivity contribution < 1.29 is 29.0 Å². The number of carbonyl (C=O) groups is 3. The predicted molar refractivity (Wildman–Crippen MR) is 128 cm³/mol. The summed E-state index contributed by atoms with van der Waals surface area (Å²) in [5.74, 6) is -2.05. The van der Waals surface area contributed by atoms with E-state index in [1.165, 1.54) is 0 Å². The molecule has 8 heteroatoms. The van der Waals surface area contributed by atoms with Crippen molar-refractivity contribution in [3.8, 4) is 11.1 Å². The van der Waals surface area contributed by atoms with E-state index in [-0.39, 0.29) is 37.7 Å². The zero-order valence-corrected chi connectivity index (χ0v) is 19.4. The standard InChI is InChI=1S/C27H30N2O6/c30-25(28-17-7-5-6-16(12-17)26(31)32)23-13-34-15-24(23)29-27(33)35-14-22-20-10-3-1-8-18(20)19-9-2-4-11-21(19)22/h1-4,8-11,16-17,22-24H,5-7,12-15H2,(H,28,30)(H,29,33)(H,31,32). The van der Waals surface area contributed by atoms with Crippen molar-refractivity contribution in [1.29, 1.82) is 0 Å². The summed E-state index contributed by atoms with van der Waals surface area (Å²) in [5, 5.41) is 15.1. The van der Waals surface area contributed by atoms with Gasteiger partial charge in [0, 0.05) is 12.0 Å². The molecule has 8 nitrogen and oxygen atoms in total. The number of carboxylic acid groups (broad SMARTS) is 1. The van der Waals surface area contributed by atoms with Gasteiger partial charge in [-0.3, -0.25) is 9.59 Å². The molecule has 1 heterocycles. The molecule has 2 aromatic carbocycles. The molecule has 184 valence electrons. The minimum absolute atomic E-state index is 0.0412. The molecule has 2 aromatic rings. The highest BCUT2D eigenvalue weighted by Crippen LogP contribution is 2.44. The summed E-state index contributed by atoms with van der Waals surface area (Å²) in [4.78, 5) is 36.9. The van der Waals surface area contributed by atoms with Gasteiger partial charge in [0.25, 0.3) is 0 Å². The number of amides is 2. The van der Waals surface area contributed by atoms with Gasteiger partial charge < -0.3 is 25.2 Å². The first-order valence-corrected chi connectivity index (χ1v) is 12.2. The van der Waals surface area contributed by atoms with Crippen LogP contribution >= 0.6 is 0 Å². The van der Waals surface area contributed by atoms with E-state index in [1.807, 2.05) is 24.3 Å². The average Bonchev–Trinajstić information content (AvgIpc) is 3.45. The van der Waals surface area contributed by atoms with Crippen molar-refractivity contribution in [2.45, 2.75) is 43.7 Å². The van der Waals surface area contributed by atoms with Crippen LogP contribution in [-0.4, -0.2) is 55.0 Å². The molecule has 0 radical (unpaired) electrons. The molecular weight excluding hydrogens is 448 g/mol. The molecule has 5 rings (SSSR count). The van der Waals surface area contributed by atoms with Crippen LogP contribution in [-0.2, 0) is 19.1 Å². The van der Waals surface area contributed by atoms with Crippen LogP contribution in [0.1, 0.15) is 42.7 Å². The van der Waals surface area contributed by atoms with Gasteiger partial charge in [-0.2, -0.15) is 0 Å². The Labute approximate surface area is 204 Å². The third-order valence-electron chi connectivity index (χ3n) is 7.43. The first kappa shape index (κ1) is 23.4. The molecule has 0 spiro atoms. The van der Waals surface area contributed by atoms with Crippen LogP contribution in [0.5, 0.6) is 0 Å². The van der Waals surface area contributed by atoms with Crippen LogP contribution in [0.15, 0.2) is 48.5 Å². The third kappa shape index (κ3) is 4.89. The van der Waals surface area contributed by atoms with Crippen molar-refractivity contribution in [1.82, 2.24) is 10.6 Å². The largest absolute Gasteiger partial charge is 0.481 e. The summed E-state index contributed by atoms with van der Waals surface area (Å²) in [6.07, 6.45) is 2.01. The summed E-state index contributed by atoms with van der Waals surface area (Å²) >= 11 is 0. The van der Waals surface area contributed by atoms with Gasteiger partial charge in [0.15, 0.2) is 0 Å². The minimum Gasteiger partial charge on any atom is -0.481 e. The van der Waals surface area contributed by atoms with E-state index < -0.39 is 29.9 Å². The number of ether oxygens (including phenoxy) is 2. The summed E-state index contributed by atoms with van der Waals surface area (Å²) in [6, 6.07) is 15.6. The predicted octanol–water partition coefficient (Wildman–Crippen LogP) is 3.30. The molecule has 3 N–H and O–H groups in total. The Balaban J connectivity index is 1.17. The molecular formula is C27H30N2O6. The molecule has 1 saturated heterocycles. The first-order chi connectivity index (χ1) is 17.0. The normalized spacial score (nSPS) is 25.4. The number of hydrogen-bond donors (Lipinski definition) is 3. The molecule has 4 unspecified atom stereocenters. The van der Waals surface area contributed by atoms with Gasteiger partial charge in [0.2, 0.25) is 5.91 Å². The maximum Gasteiger partial charge on any atom is 0.407 e. The first-order valence-electron chi connectivity index (χ1n) is 12.2. The molecule has 2 amide bonds. The number of carbonyl (C=O) groups excluding carboxylic acids is 2. The van der Waals surface area contributed by atoms with E-state index in [1.54, 1.807) is 0 Å². The van der Waals surface area contributed by atoms with E-state index in [4.69, 9.17) is 9.47 Å². The molecule has 2 fully saturated rings. The second-order valence-corrected chi connectivity index (χ2v) is 9.63. The fraction of sp³-hybridized carbons (Fsp3) is 0.444. The number of benzene rings is 2. The lowest BCUT2D eigenvalue weighted by atomic mass is 9.85. The Hall–Kier alpha value is -3.39. The summed E-state index contributed by atoms with van der Waals surface area (Å²) in [7, 11) is 0. The molecule has 35 heavy (non-hydrogen) atoms. The van der Waals surface area contributed by atoms with Crippen LogP contribution in [0.2, 0.25) is 0 Å². The number of aliphatic carboxylic acids is 1. The van der Waals surface area contributed by atoms with Gasteiger partial charge in [0.05, 0.1) is 31.1 Å². The van der Waals surface area contributed by atoms with Crippen molar-refractivity contribution in [3.05, 3.63) is 59.7 Å². The minimum atomic E-state index is -0.817. The maximum atomic E-state index is 12.9. The number of nitrogens with one attached hydrogen (secondary N) is 2. The zero-order valence-electron chi connectivity index (χ0n) is 19.4. The number of carboxylic acids is 1. The molecule has 0 bridgehead atoms. The number of fused-ring (bicyclic) bond motifs is 3. The van der Waals surface area contributed by atoms with Gasteiger partial charge in [-0.15, -0.1) is 0 Å². The van der Waals surface area contributed by atoms with Gasteiger partial charge in [-0.05, 0) is 41.5 Å². The van der Waals surface area contributed by atoms with Crippen LogP contribution in [0.4, 0.5) is 4.79 Å². The molecule has 3 aliphatic rings. The lowest BCUT2D eigenvalue weighted by Crippen LogP contribution is -2.49. The number of rotatable bonds is 6.